The number of anilines is 1. The van der Waals surface area contributed by atoms with Gasteiger partial charge in [-0.2, -0.15) is 0 Å². The summed E-state index contributed by atoms with van der Waals surface area (Å²) < 4.78 is 5.40. The van der Waals surface area contributed by atoms with E-state index in [-0.39, 0.29) is 5.91 Å². The lowest BCUT2D eigenvalue weighted by atomic mass is 10.0. The number of fused-ring (bicyclic) bond motifs is 1. The first-order valence-electron chi connectivity index (χ1n) is 12.2. The van der Waals surface area contributed by atoms with Crippen molar-refractivity contribution in [3.05, 3.63) is 70.7 Å². The number of pyridine rings is 2. The topological polar surface area (TPSA) is 87.4 Å². The molecule has 0 atom stereocenters. The predicted octanol–water partition coefficient (Wildman–Crippen LogP) is 4.71. The van der Waals surface area contributed by atoms with Crippen LogP contribution in [0.15, 0.2) is 47.0 Å². The molecule has 0 aliphatic carbocycles. The fraction of sp³-hybridized carbons (Fsp3) is 0.357. The van der Waals surface area contributed by atoms with Crippen molar-refractivity contribution in [2.45, 2.75) is 33.7 Å². The van der Waals surface area contributed by atoms with Crippen LogP contribution < -0.4 is 5.32 Å². The van der Waals surface area contributed by atoms with Gasteiger partial charge < -0.3 is 19.6 Å². The average molecular weight is 487 g/mol. The van der Waals surface area contributed by atoms with Crippen LogP contribution in [0.4, 0.5) is 5.69 Å². The minimum absolute atomic E-state index is 0.109. The van der Waals surface area contributed by atoms with Crippen molar-refractivity contribution in [1.82, 2.24) is 24.9 Å². The zero-order valence-corrected chi connectivity index (χ0v) is 21.9. The Kier molecular flexibility index (Phi) is 7.64. The molecule has 3 heterocycles. The first-order chi connectivity index (χ1) is 17.2. The Labute approximate surface area is 212 Å². The summed E-state index contributed by atoms with van der Waals surface area (Å²) in [6.45, 7) is 8.11. The molecule has 0 saturated heterocycles. The van der Waals surface area contributed by atoms with Crippen molar-refractivity contribution in [3.63, 3.8) is 0 Å². The third kappa shape index (κ3) is 5.71. The standard InChI is InChI=1S/C28H34N6O2/c1-7-20-15-21(36-32-20)17-34(6)28(35)23-16-27(31-25-9-8-18(2)14-22(23)25)26-11-10-24(19(3)30-26)29-12-13-33(4)5/h8-11,14-16,29H,7,12-13,17H2,1-6H3. The Morgan fingerprint density at radius 1 is 1.00 bits per heavy atom. The van der Waals surface area contributed by atoms with Crippen molar-refractivity contribution >= 4 is 22.5 Å². The third-order valence-electron chi connectivity index (χ3n) is 6.13. The first-order valence-corrected chi connectivity index (χ1v) is 12.2. The van der Waals surface area contributed by atoms with E-state index in [0.717, 1.165) is 58.7 Å². The Morgan fingerprint density at radius 2 is 1.81 bits per heavy atom. The molecular weight excluding hydrogens is 452 g/mol. The quantitative estimate of drug-likeness (QED) is 0.367. The number of amides is 1. The first kappa shape index (κ1) is 25.3. The van der Waals surface area contributed by atoms with E-state index in [2.05, 4.69) is 15.4 Å². The molecule has 4 rings (SSSR count). The van der Waals surface area contributed by atoms with Crippen LogP contribution in [-0.4, -0.2) is 65.1 Å². The van der Waals surface area contributed by atoms with Gasteiger partial charge in [0.15, 0.2) is 5.76 Å². The molecule has 188 valence electrons. The maximum absolute atomic E-state index is 13.6. The van der Waals surface area contributed by atoms with Crippen molar-refractivity contribution in [3.8, 4) is 11.4 Å². The lowest BCUT2D eigenvalue weighted by Gasteiger charge is -2.18. The number of nitrogens with zero attached hydrogens (tertiary/aromatic N) is 5. The van der Waals surface area contributed by atoms with Crippen LogP contribution in [0.3, 0.4) is 0 Å². The van der Waals surface area contributed by atoms with Crippen LogP contribution in [0.5, 0.6) is 0 Å². The van der Waals surface area contributed by atoms with E-state index >= 15 is 0 Å². The van der Waals surface area contributed by atoms with Crippen LogP contribution in [0.1, 0.15) is 40.0 Å². The Bertz CT molecular complexity index is 1380. The number of carbonyl (C=O) groups excluding carboxylic acids is 1. The normalized spacial score (nSPS) is 11.3. The van der Waals surface area contributed by atoms with Gasteiger partial charge in [0.1, 0.15) is 0 Å². The van der Waals surface area contributed by atoms with Gasteiger partial charge in [-0.05, 0) is 64.7 Å². The highest BCUT2D eigenvalue weighted by atomic mass is 16.5. The monoisotopic (exact) mass is 486 g/mol. The summed E-state index contributed by atoms with van der Waals surface area (Å²) in [7, 11) is 5.87. The van der Waals surface area contributed by atoms with Crippen LogP contribution >= 0.6 is 0 Å². The lowest BCUT2D eigenvalue weighted by Crippen LogP contribution is -2.26. The molecule has 1 aromatic carbocycles. The molecule has 3 aromatic heterocycles. The number of rotatable bonds is 9. The highest BCUT2D eigenvalue weighted by molar-refractivity contribution is 6.07. The summed E-state index contributed by atoms with van der Waals surface area (Å²) in [5.41, 5.74) is 6.56. The number of hydrogen-bond acceptors (Lipinski definition) is 7. The zero-order valence-electron chi connectivity index (χ0n) is 21.9. The zero-order chi connectivity index (χ0) is 25.8. The highest BCUT2D eigenvalue weighted by Gasteiger charge is 2.20. The molecule has 1 N–H and O–H groups in total. The second kappa shape index (κ2) is 10.9. The minimum Gasteiger partial charge on any atom is -0.382 e. The Hall–Kier alpha value is -3.78. The number of aryl methyl sites for hydroxylation is 3. The van der Waals surface area contributed by atoms with Crippen molar-refractivity contribution < 1.29 is 9.32 Å². The summed E-state index contributed by atoms with van der Waals surface area (Å²) >= 11 is 0. The number of hydrogen-bond donors (Lipinski definition) is 1. The molecule has 0 bridgehead atoms. The number of likely N-dealkylation sites (N-methyl/N-ethyl adjacent to an activating group) is 1. The SMILES string of the molecule is CCc1cc(CN(C)C(=O)c2cc(-c3ccc(NCCN(C)C)c(C)n3)nc3ccc(C)cc23)on1. The fourth-order valence-electron chi connectivity index (χ4n) is 4.06. The van der Waals surface area contributed by atoms with Crippen LogP contribution in [0.2, 0.25) is 0 Å². The second-order valence-electron chi connectivity index (χ2n) is 9.43. The van der Waals surface area contributed by atoms with E-state index in [1.165, 1.54) is 0 Å². The van der Waals surface area contributed by atoms with Gasteiger partial charge in [0, 0.05) is 31.6 Å². The van der Waals surface area contributed by atoms with Crippen LogP contribution in [0, 0.1) is 13.8 Å². The summed E-state index contributed by atoms with van der Waals surface area (Å²) in [5.74, 6) is 0.550. The van der Waals surface area contributed by atoms with Gasteiger partial charge in [0.25, 0.3) is 5.91 Å². The molecule has 0 fully saturated rings. The number of benzene rings is 1. The van der Waals surface area contributed by atoms with Gasteiger partial charge in [0.05, 0.1) is 46.1 Å². The summed E-state index contributed by atoms with van der Waals surface area (Å²) in [4.78, 5) is 27.1. The van der Waals surface area contributed by atoms with Gasteiger partial charge in [-0.15, -0.1) is 0 Å². The van der Waals surface area contributed by atoms with Gasteiger partial charge >= 0.3 is 0 Å². The maximum atomic E-state index is 13.6. The third-order valence-corrected chi connectivity index (χ3v) is 6.13. The summed E-state index contributed by atoms with van der Waals surface area (Å²) in [6, 6.07) is 13.7. The highest BCUT2D eigenvalue weighted by Crippen LogP contribution is 2.27. The molecule has 0 unspecified atom stereocenters. The molecular formula is C28H34N6O2. The predicted molar refractivity (Wildman–Crippen MR) is 143 cm³/mol. The van der Waals surface area contributed by atoms with Gasteiger partial charge in [-0.1, -0.05) is 23.7 Å². The molecule has 0 aliphatic heterocycles. The molecule has 8 heteroatoms. The Morgan fingerprint density at radius 3 is 2.50 bits per heavy atom. The lowest BCUT2D eigenvalue weighted by molar-refractivity contribution is 0.0774. The molecule has 1 amide bonds. The van der Waals surface area contributed by atoms with Gasteiger partial charge in [-0.3, -0.25) is 4.79 Å². The molecule has 0 saturated carbocycles. The summed E-state index contributed by atoms with van der Waals surface area (Å²) in [5, 5.41) is 8.29. The van der Waals surface area contributed by atoms with Crippen LogP contribution in [0.25, 0.3) is 22.3 Å². The summed E-state index contributed by atoms with van der Waals surface area (Å²) in [6.07, 6.45) is 0.787. The van der Waals surface area contributed by atoms with E-state index in [1.54, 1.807) is 11.9 Å². The maximum Gasteiger partial charge on any atom is 0.254 e. The van der Waals surface area contributed by atoms with Crippen molar-refractivity contribution in [1.29, 1.82) is 0 Å². The molecule has 4 aromatic rings. The van der Waals surface area contributed by atoms with E-state index in [9.17, 15) is 4.79 Å². The van der Waals surface area contributed by atoms with E-state index in [0.29, 0.717) is 23.6 Å². The molecule has 36 heavy (non-hydrogen) atoms. The van der Waals surface area contributed by atoms with E-state index in [4.69, 9.17) is 14.5 Å². The molecule has 0 radical (unpaired) electrons. The minimum atomic E-state index is -0.109. The molecule has 0 spiro atoms. The smallest absolute Gasteiger partial charge is 0.254 e. The van der Waals surface area contributed by atoms with E-state index < -0.39 is 0 Å². The molecule has 8 nitrogen and oxygen atoms in total. The molecule has 0 aliphatic rings. The second-order valence-corrected chi connectivity index (χ2v) is 9.43. The Balaban J connectivity index is 1.67. The number of carbonyl (C=O) groups is 1. The van der Waals surface area contributed by atoms with Gasteiger partial charge in [-0.25, -0.2) is 9.97 Å². The van der Waals surface area contributed by atoms with Gasteiger partial charge in [0.2, 0.25) is 0 Å². The van der Waals surface area contributed by atoms with Crippen molar-refractivity contribution in [2.75, 3.05) is 39.5 Å². The largest absolute Gasteiger partial charge is 0.382 e. The number of aromatic nitrogens is 3. The van der Waals surface area contributed by atoms with E-state index in [1.807, 2.05) is 77.3 Å². The fourth-order valence-corrected chi connectivity index (χ4v) is 4.06. The number of nitrogens with one attached hydrogen (secondary N) is 1. The average Bonchev–Trinajstić information content (AvgIpc) is 3.31. The van der Waals surface area contributed by atoms with Crippen LogP contribution in [-0.2, 0) is 13.0 Å². The van der Waals surface area contributed by atoms with Crippen molar-refractivity contribution in [2.24, 2.45) is 0 Å².